The topological polar surface area (TPSA) is 33.1 Å². The van der Waals surface area contributed by atoms with E-state index in [-0.39, 0.29) is 0 Å². The molecule has 0 atom stereocenters. The molecule has 21 heavy (non-hydrogen) atoms. The number of rotatable bonds is 5. The smallest absolute Gasteiger partial charge is 0.129 e. The lowest BCUT2D eigenvalue weighted by molar-refractivity contribution is 0.482. The highest BCUT2D eigenvalue weighted by Crippen LogP contribution is 2.27. The summed E-state index contributed by atoms with van der Waals surface area (Å²) in [4.78, 5) is 0. The molecule has 0 saturated heterocycles. The van der Waals surface area contributed by atoms with E-state index in [1.807, 2.05) is 13.0 Å². The lowest BCUT2D eigenvalue weighted by Crippen LogP contribution is -1.95. The van der Waals surface area contributed by atoms with Gasteiger partial charge in [0.1, 0.15) is 11.5 Å². The van der Waals surface area contributed by atoms with Gasteiger partial charge in [-0.25, -0.2) is 0 Å². The summed E-state index contributed by atoms with van der Waals surface area (Å²) in [6.07, 6.45) is 4.58. The van der Waals surface area contributed by atoms with E-state index < -0.39 is 0 Å². The molecule has 0 bridgehead atoms. The molecule has 0 radical (unpaired) electrons. The largest absolute Gasteiger partial charge is 0.457 e. The van der Waals surface area contributed by atoms with Gasteiger partial charge in [-0.3, -0.25) is 0 Å². The van der Waals surface area contributed by atoms with Crippen molar-refractivity contribution >= 4 is 28.9 Å². The summed E-state index contributed by atoms with van der Waals surface area (Å²) in [7, 11) is 0. The van der Waals surface area contributed by atoms with E-state index in [0.29, 0.717) is 27.3 Å². The zero-order chi connectivity index (χ0) is 15.2. The predicted molar refractivity (Wildman–Crippen MR) is 89.2 cm³/mol. The Morgan fingerprint density at radius 1 is 1.05 bits per heavy atom. The van der Waals surface area contributed by atoms with Crippen molar-refractivity contribution in [1.82, 2.24) is 0 Å². The van der Waals surface area contributed by atoms with Crippen molar-refractivity contribution in [3.8, 4) is 11.5 Å². The predicted octanol–water partition coefficient (Wildman–Crippen LogP) is 6.12. The second kappa shape index (κ2) is 7.30. The summed E-state index contributed by atoms with van der Waals surface area (Å²) in [5, 5.41) is 9.20. The molecule has 0 amide bonds. The molecule has 0 aliphatic heterocycles. The molecule has 2 nitrogen and oxygen atoms in total. The summed E-state index contributed by atoms with van der Waals surface area (Å²) in [5.74, 6) is 1.26. The van der Waals surface area contributed by atoms with Gasteiger partial charge < -0.3 is 10.1 Å². The van der Waals surface area contributed by atoms with Gasteiger partial charge >= 0.3 is 0 Å². The monoisotopic (exact) mass is 319 g/mol. The van der Waals surface area contributed by atoms with Crippen LogP contribution in [0.15, 0.2) is 54.6 Å². The Hall–Kier alpha value is -1.77. The van der Waals surface area contributed by atoms with Gasteiger partial charge in [0, 0.05) is 15.6 Å². The summed E-state index contributed by atoms with van der Waals surface area (Å²) in [6.45, 7) is 2.02. The second-order valence-corrected chi connectivity index (χ2v) is 5.33. The lowest BCUT2D eigenvalue weighted by Gasteiger charge is -2.08. The third-order valence-electron chi connectivity index (χ3n) is 2.75. The van der Waals surface area contributed by atoms with Crippen LogP contribution in [0.25, 0.3) is 0 Å². The van der Waals surface area contributed by atoms with Crippen LogP contribution in [0.4, 0.5) is 0 Å². The fourth-order valence-corrected chi connectivity index (χ4v) is 2.10. The molecule has 2 aromatic carbocycles. The maximum atomic E-state index is 8.02. The Morgan fingerprint density at radius 2 is 1.76 bits per heavy atom. The number of hydrogen-bond donors (Lipinski definition) is 1. The van der Waals surface area contributed by atoms with Crippen LogP contribution in [0.3, 0.4) is 0 Å². The van der Waals surface area contributed by atoms with Crippen LogP contribution in [0.2, 0.25) is 10.0 Å². The molecule has 0 spiro atoms. The number of halogens is 2. The van der Waals surface area contributed by atoms with Crippen LogP contribution in [0.5, 0.6) is 11.5 Å². The second-order valence-electron chi connectivity index (χ2n) is 4.46. The van der Waals surface area contributed by atoms with Gasteiger partial charge in [0.2, 0.25) is 0 Å². The summed E-state index contributed by atoms with van der Waals surface area (Å²) < 4.78 is 5.75. The van der Waals surface area contributed by atoms with Gasteiger partial charge in [-0.05, 0) is 55.0 Å². The van der Waals surface area contributed by atoms with Gasteiger partial charge in [0.25, 0.3) is 0 Å². The van der Waals surface area contributed by atoms with E-state index in [0.717, 1.165) is 12.0 Å². The number of allylic oxidation sites excluding steroid dienone is 2. The first kappa shape index (κ1) is 15.6. The maximum Gasteiger partial charge on any atom is 0.129 e. The summed E-state index contributed by atoms with van der Waals surface area (Å²) in [5.41, 5.74) is 1.12. The third kappa shape index (κ3) is 4.62. The third-order valence-corrected chi connectivity index (χ3v) is 3.22. The molecule has 2 rings (SSSR count). The van der Waals surface area contributed by atoms with Gasteiger partial charge in [0.15, 0.2) is 0 Å². The average molecular weight is 320 g/mol. The number of nitrogens with one attached hydrogen (secondary N) is 1. The highest BCUT2D eigenvalue weighted by molar-refractivity contribution is 6.31. The van der Waals surface area contributed by atoms with Crippen LogP contribution >= 0.6 is 23.2 Å². The van der Waals surface area contributed by atoms with E-state index in [4.69, 9.17) is 33.3 Å². The first-order chi connectivity index (χ1) is 10.1. The fourth-order valence-electron chi connectivity index (χ4n) is 1.75. The van der Waals surface area contributed by atoms with Crippen molar-refractivity contribution < 1.29 is 4.74 Å². The molecule has 0 fully saturated rings. The lowest BCUT2D eigenvalue weighted by atomic mass is 10.1. The van der Waals surface area contributed by atoms with Crippen molar-refractivity contribution in [2.24, 2.45) is 0 Å². The Balaban J connectivity index is 2.24. The van der Waals surface area contributed by atoms with Crippen molar-refractivity contribution in [1.29, 1.82) is 5.41 Å². The van der Waals surface area contributed by atoms with E-state index >= 15 is 0 Å². The minimum absolute atomic E-state index is 0.403. The number of ether oxygens (including phenoxy) is 1. The van der Waals surface area contributed by atoms with Crippen LogP contribution in [-0.4, -0.2) is 5.71 Å². The van der Waals surface area contributed by atoms with Crippen molar-refractivity contribution in [2.75, 3.05) is 0 Å². The maximum absolute atomic E-state index is 8.02. The van der Waals surface area contributed by atoms with Gasteiger partial charge in [-0.2, -0.15) is 0 Å². The standard InChI is InChI=1S/C17H15Cl2NO/c1-2-3-4-17(20)12-9-14(19)11-16(10-12)21-15-7-5-13(18)6-8-15/h3-11,20H,2H2,1H3/b4-3+,20-17?. The quantitative estimate of drug-likeness (QED) is 0.661. The molecule has 4 heteroatoms. The first-order valence-corrected chi connectivity index (χ1v) is 7.33. The SMILES string of the molecule is CC/C=C/C(=N)c1cc(Cl)cc(Oc2ccc(Cl)cc2)c1. The molecule has 0 unspecified atom stereocenters. The van der Waals surface area contributed by atoms with E-state index in [1.54, 1.807) is 48.5 Å². The minimum atomic E-state index is 0.403. The molecule has 2 aromatic rings. The molecule has 0 aromatic heterocycles. The Morgan fingerprint density at radius 3 is 2.43 bits per heavy atom. The molecule has 0 saturated carbocycles. The molecule has 108 valence electrons. The first-order valence-electron chi connectivity index (χ1n) is 6.58. The molecule has 0 heterocycles. The summed E-state index contributed by atoms with van der Waals surface area (Å²) >= 11 is 11.9. The van der Waals surface area contributed by atoms with Crippen LogP contribution in [0, 0.1) is 5.41 Å². The van der Waals surface area contributed by atoms with E-state index in [2.05, 4.69) is 0 Å². The average Bonchev–Trinajstić information content (AvgIpc) is 2.46. The van der Waals surface area contributed by atoms with Crippen LogP contribution < -0.4 is 4.74 Å². The fraction of sp³-hybridized carbons (Fsp3) is 0.118. The molecular weight excluding hydrogens is 305 g/mol. The highest BCUT2D eigenvalue weighted by atomic mass is 35.5. The van der Waals surface area contributed by atoms with Crippen LogP contribution in [-0.2, 0) is 0 Å². The van der Waals surface area contributed by atoms with Crippen molar-refractivity contribution in [2.45, 2.75) is 13.3 Å². The molecule has 1 N–H and O–H groups in total. The molecular formula is C17H15Cl2NO. The molecule has 0 aliphatic carbocycles. The van der Waals surface area contributed by atoms with Gasteiger partial charge in [0.05, 0.1) is 5.71 Å². The van der Waals surface area contributed by atoms with Crippen molar-refractivity contribution in [3.63, 3.8) is 0 Å². The number of benzene rings is 2. The normalized spacial score (nSPS) is 10.8. The summed E-state index contributed by atoms with van der Waals surface area (Å²) in [6, 6.07) is 12.3. The Bertz CT molecular complexity index is 663. The zero-order valence-electron chi connectivity index (χ0n) is 11.6. The number of hydrogen-bond acceptors (Lipinski definition) is 2. The van der Waals surface area contributed by atoms with Gasteiger partial charge in [-0.15, -0.1) is 0 Å². The zero-order valence-corrected chi connectivity index (χ0v) is 13.1. The Labute approximate surface area is 134 Å². The van der Waals surface area contributed by atoms with Gasteiger partial charge in [-0.1, -0.05) is 36.2 Å². The van der Waals surface area contributed by atoms with Crippen molar-refractivity contribution in [3.05, 3.63) is 70.2 Å². The Kier molecular flexibility index (Phi) is 5.43. The van der Waals surface area contributed by atoms with Crippen LogP contribution in [0.1, 0.15) is 18.9 Å². The van der Waals surface area contributed by atoms with E-state index in [1.165, 1.54) is 0 Å². The molecule has 0 aliphatic rings. The minimum Gasteiger partial charge on any atom is -0.457 e. The highest BCUT2D eigenvalue weighted by Gasteiger charge is 2.05. The van der Waals surface area contributed by atoms with E-state index in [9.17, 15) is 0 Å².